The zero-order valence-corrected chi connectivity index (χ0v) is 19.3. The number of aromatic hydroxyl groups is 1. The van der Waals surface area contributed by atoms with Gasteiger partial charge in [0, 0.05) is 12.1 Å². The predicted molar refractivity (Wildman–Crippen MR) is 124 cm³/mol. The van der Waals surface area contributed by atoms with Crippen molar-refractivity contribution in [2.24, 2.45) is 5.92 Å². The van der Waals surface area contributed by atoms with Crippen LogP contribution in [-0.2, 0) is 4.79 Å². The highest BCUT2D eigenvalue weighted by Crippen LogP contribution is 2.40. The third-order valence-electron chi connectivity index (χ3n) is 5.46. The lowest BCUT2D eigenvalue weighted by molar-refractivity contribution is -0.124. The summed E-state index contributed by atoms with van der Waals surface area (Å²) in [6.45, 7) is 7.51. The van der Waals surface area contributed by atoms with Gasteiger partial charge >= 0.3 is 0 Å². The van der Waals surface area contributed by atoms with Gasteiger partial charge in [-0.2, -0.15) is 0 Å². The van der Waals surface area contributed by atoms with Crippen LogP contribution in [0, 0.1) is 5.92 Å². The van der Waals surface area contributed by atoms with Gasteiger partial charge in [0.05, 0.1) is 23.5 Å². The molecule has 0 aliphatic carbocycles. The maximum absolute atomic E-state index is 12.7. The number of para-hydroxylation sites is 2. The van der Waals surface area contributed by atoms with Gasteiger partial charge in [-0.15, -0.1) is 0 Å². The molecule has 0 fully saturated rings. The summed E-state index contributed by atoms with van der Waals surface area (Å²) in [5, 5.41) is 13.3. The van der Waals surface area contributed by atoms with E-state index in [0.717, 1.165) is 11.0 Å². The van der Waals surface area contributed by atoms with Gasteiger partial charge in [0.25, 0.3) is 5.91 Å². The fourth-order valence-corrected chi connectivity index (χ4v) is 4.06. The molecule has 1 aromatic heterocycles. The first-order chi connectivity index (χ1) is 15.6. The summed E-state index contributed by atoms with van der Waals surface area (Å²) in [7, 11) is 0. The number of fused-ring (bicyclic) bond motifs is 2. The van der Waals surface area contributed by atoms with Crippen LogP contribution in [0.25, 0.3) is 11.0 Å². The molecular weight excluding hydrogens is 422 g/mol. The number of phenols is 1. The van der Waals surface area contributed by atoms with Crippen LogP contribution in [0.5, 0.6) is 17.2 Å². The van der Waals surface area contributed by atoms with Crippen LogP contribution in [0.3, 0.4) is 0 Å². The number of ether oxygens (including phenoxy) is 2. The Balaban J connectivity index is 1.46. The number of amides is 1. The minimum absolute atomic E-state index is 0.146. The molecule has 1 atom stereocenters. The highest BCUT2D eigenvalue weighted by Gasteiger charge is 2.35. The van der Waals surface area contributed by atoms with Gasteiger partial charge < -0.3 is 24.9 Å². The third kappa shape index (κ3) is 5.10. The molecule has 0 spiro atoms. The van der Waals surface area contributed by atoms with E-state index < -0.39 is 5.60 Å². The van der Waals surface area contributed by atoms with Crippen molar-refractivity contribution in [3.63, 3.8) is 0 Å². The Bertz CT molecular complexity index is 1160. The zero-order chi connectivity index (χ0) is 23.8. The molecule has 0 bridgehead atoms. The maximum atomic E-state index is 12.7. The van der Waals surface area contributed by atoms with E-state index in [1.165, 1.54) is 12.1 Å². The number of ketones is 1. The van der Waals surface area contributed by atoms with Crippen molar-refractivity contribution >= 4 is 22.7 Å². The Morgan fingerprint density at radius 2 is 2.06 bits per heavy atom. The number of H-pyrrole nitrogens is 1. The standard InChI is InChI=1S/C25H29N3O5/c1-14(2)9-18(24-27-16-7-5-6-8-17(16)28-24)26-22(31)13-32-15-10-19(29)23-20(30)12-25(3,4)33-21(23)11-15/h5-8,10-11,14,18,29H,9,12-13H2,1-4H3,(H,26,31)(H,27,28). The number of aromatic amines is 1. The number of carbonyl (C=O) groups excluding carboxylic acids is 2. The zero-order valence-electron chi connectivity index (χ0n) is 19.3. The van der Waals surface area contributed by atoms with Crippen LogP contribution in [0.2, 0.25) is 0 Å². The molecule has 0 saturated heterocycles. The number of carbonyl (C=O) groups is 2. The molecule has 0 saturated carbocycles. The van der Waals surface area contributed by atoms with Crippen molar-refractivity contribution in [2.45, 2.75) is 52.2 Å². The molecule has 1 amide bonds. The Hall–Kier alpha value is -3.55. The molecule has 1 aliphatic heterocycles. The number of rotatable bonds is 7. The van der Waals surface area contributed by atoms with E-state index in [1.807, 2.05) is 24.3 Å². The Morgan fingerprint density at radius 1 is 1.30 bits per heavy atom. The first kappa shape index (κ1) is 22.6. The molecule has 8 heteroatoms. The molecule has 8 nitrogen and oxygen atoms in total. The van der Waals surface area contributed by atoms with E-state index in [2.05, 4.69) is 29.1 Å². The molecule has 3 aromatic rings. The number of Topliss-reactive ketones (excluding diaryl/α,β-unsaturated/α-hetero) is 1. The number of aromatic nitrogens is 2. The molecule has 174 valence electrons. The Labute approximate surface area is 192 Å². The van der Waals surface area contributed by atoms with Crippen molar-refractivity contribution in [3.8, 4) is 17.2 Å². The fourth-order valence-electron chi connectivity index (χ4n) is 4.06. The smallest absolute Gasteiger partial charge is 0.258 e. The highest BCUT2D eigenvalue weighted by molar-refractivity contribution is 6.03. The molecule has 0 radical (unpaired) electrons. The summed E-state index contributed by atoms with van der Waals surface area (Å²) in [6, 6.07) is 10.3. The number of hydrogen-bond donors (Lipinski definition) is 3. The molecule has 4 rings (SSSR count). The van der Waals surface area contributed by atoms with E-state index in [9.17, 15) is 14.7 Å². The van der Waals surface area contributed by atoms with Crippen molar-refractivity contribution in [3.05, 3.63) is 47.8 Å². The van der Waals surface area contributed by atoms with E-state index >= 15 is 0 Å². The number of nitrogens with zero attached hydrogens (tertiary/aromatic N) is 1. The number of hydrogen-bond acceptors (Lipinski definition) is 6. The van der Waals surface area contributed by atoms with Gasteiger partial charge in [-0.25, -0.2) is 4.98 Å². The summed E-state index contributed by atoms with van der Waals surface area (Å²) >= 11 is 0. The molecule has 1 aliphatic rings. The van der Waals surface area contributed by atoms with Crippen molar-refractivity contribution in [2.75, 3.05) is 6.61 Å². The highest BCUT2D eigenvalue weighted by atomic mass is 16.5. The van der Waals surface area contributed by atoms with Crippen molar-refractivity contribution in [1.82, 2.24) is 15.3 Å². The second-order valence-electron chi connectivity index (χ2n) is 9.45. The predicted octanol–water partition coefficient (Wildman–Crippen LogP) is 4.29. The summed E-state index contributed by atoms with van der Waals surface area (Å²) in [5.74, 6) is 0.797. The molecular formula is C25H29N3O5. The van der Waals surface area contributed by atoms with Crippen LogP contribution < -0.4 is 14.8 Å². The first-order valence-electron chi connectivity index (χ1n) is 11.1. The monoisotopic (exact) mass is 451 g/mol. The average Bonchev–Trinajstić information content (AvgIpc) is 3.14. The summed E-state index contributed by atoms with van der Waals surface area (Å²) in [4.78, 5) is 33.0. The lowest BCUT2D eigenvalue weighted by atomic mass is 9.92. The molecule has 1 unspecified atom stereocenters. The molecule has 33 heavy (non-hydrogen) atoms. The Kier molecular flexibility index (Phi) is 6.01. The average molecular weight is 452 g/mol. The summed E-state index contributed by atoms with van der Waals surface area (Å²) in [5.41, 5.74) is 1.22. The molecule has 2 aromatic carbocycles. The normalized spacial score (nSPS) is 15.7. The van der Waals surface area contributed by atoms with Crippen molar-refractivity contribution in [1.29, 1.82) is 0 Å². The van der Waals surface area contributed by atoms with Crippen molar-refractivity contribution < 1.29 is 24.2 Å². The lowest BCUT2D eigenvalue weighted by Crippen LogP contribution is -2.36. The van der Waals surface area contributed by atoms with Crippen LogP contribution in [0.1, 0.15) is 62.8 Å². The lowest BCUT2D eigenvalue weighted by Gasteiger charge is -2.32. The minimum atomic E-state index is -0.677. The number of imidazole rings is 1. The Morgan fingerprint density at radius 3 is 2.79 bits per heavy atom. The van der Waals surface area contributed by atoms with E-state index in [4.69, 9.17) is 9.47 Å². The van der Waals surface area contributed by atoms with Gasteiger partial charge in [-0.05, 0) is 38.3 Å². The summed E-state index contributed by atoms with van der Waals surface area (Å²) in [6.07, 6.45) is 0.880. The quantitative estimate of drug-likeness (QED) is 0.494. The fraction of sp³-hybridized carbons (Fsp3) is 0.400. The van der Waals surface area contributed by atoms with Gasteiger partial charge in [-0.1, -0.05) is 26.0 Å². The minimum Gasteiger partial charge on any atom is -0.507 e. The van der Waals surface area contributed by atoms with Crippen LogP contribution in [0.4, 0.5) is 0 Å². The van der Waals surface area contributed by atoms with Gasteiger partial charge in [0.15, 0.2) is 12.4 Å². The van der Waals surface area contributed by atoms with Crippen LogP contribution in [-0.4, -0.2) is 39.0 Å². The van der Waals surface area contributed by atoms with Gasteiger partial charge in [-0.3, -0.25) is 9.59 Å². The summed E-state index contributed by atoms with van der Waals surface area (Å²) < 4.78 is 11.5. The number of phenolic OH excluding ortho intramolecular Hbond substituents is 1. The van der Waals surface area contributed by atoms with Crippen LogP contribution in [0.15, 0.2) is 36.4 Å². The second kappa shape index (κ2) is 8.77. The number of benzene rings is 2. The second-order valence-corrected chi connectivity index (χ2v) is 9.45. The topological polar surface area (TPSA) is 114 Å². The van der Waals surface area contributed by atoms with E-state index in [0.29, 0.717) is 18.2 Å². The third-order valence-corrected chi connectivity index (χ3v) is 5.46. The van der Waals surface area contributed by atoms with E-state index in [-0.39, 0.29) is 53.6 Å². The molecule has 2 heterocycles. The SMILES string of the molecule is CC(C)CC(NC(=O)COc1cc(O)c2c(c1)OC(C)(C)CC2=O)c1nc2ccccc2[nH]1. The maximum Gasteiger partial charge on any atom is 0.258 e. The molecule has 3 N–H and O–H groups in total. The van der Waals surface area contributed by atoms with E-state index in [1.54, 1.807) is 13.8 Å². The van der Waals surface area contributed by atoms with Crippen LogP contribution >= 0.6 is 0 Å². The number of nitrogens with one attached hydrogen (secondary N) is 2. The van der Waals surface area contributed by atoms with Gasteiger partial charge in [0.2, 0.25) is 0 Å². The largest absolute Gasteiger partial charge is 0.507 e. The van der Waals surface area contributed by atoms with Gasteiger partial charge in [0.1, 0.15) is 34.2 Å². The first-order valence-corrected chi connectivity index (χ1v) is 11.1.